The van der Waals surface area contributed by atoms with E-state index in [1.54, 1.807) is 11.3 Å². The third kappa shape index (κ3) is 3.77. The Morgan fingerprint density at radius 3 is 1.71 bits per heavy atom. The Bertz CT molecular complexity index is 934. The first-order chi connectivity index (χ1) is 13.5. The number of thiophene rings is 1. The van der Waals surface area contributed by atoms with Crippen molar-refractivity contribution in [1.82, 2.24) is 0 Å². The zero-order chi connectivity index (χ0) is 20.3. The lowest BCUT2D eigenvalue weighted by Gasteiger charge is -2.19. The summed E-state index contributed by atoms with van der Waals surface area (Å²) >= 11 is 1.77. The molecule has 0 saturated heterocycles. The van der Waals surface area contributed by atoms with Crippen LogP contribution in [0.1, 0.15) is 60.3 Å². The van der Waals surface area contributed by atoms with Crippen LogP contribution in [-0.4, -0.2) is 11.1 Å². The molecular weight excluding hydrogens is 364 g/mol. The highest BCUT2D eigenvalue weighted by Crippen LogP contribution is 2.37. The molecule has 0 radical (unpaired) electrons. The first-order valence-corrected chi connectivity index (χ1v) is 11.0. The molecular formula is C25H28O2S. The van der Waals surface area contributed by atoms with Crippen LogP contribution in [0.2, 0.25) is 0 Å². The Labute approximate surface area is 171 Å². The van der Waals surface area contributed by atoms with Gasteiger partial charge in [-0.15, -0.1) is 11.3 Å². The fraction of sp³-hybridized carbons (Fsp3) is 0.320. The van der Waals surface area contributed by atoms with Gasteiger partial charge in [-0.25, -0.2) is 4.79 Å². The summed E-state index contributed by atoms with van der Waals surface area (Å²) in [7, 11) is 0. The maximum absolute atomic E-state index is 11.8. The third-order valence-electron chi connectivity index (χ3n) is 5.44. The van der Waals surface area contributed by atoms with Gasteiger partial charge in [-0.1, -0.05) is 45.9 Å². The molecule has 0 fully saturated rings. The lowest BCUT2D eigenvalue weighted by atomic mass is 9.85. The molecule has 2 aromatic carbocycles. The molecule has 0 aliphatic carbocycles. The average molecular weight is 393 g/mol. The molecule has 0 saturated carbocycles. The minimum atomic E-state index is -0.820. The van der Waals surface area contributed by atoms with E-state index in [0.717, 1.165) is 42.4 Å². The number of carboxylic acids is 1. The SMILES string of the molecule is CCc1cc(-c2c(CC)cc(-c3cccs3)cc2CC)cc(CC)c1C(=O)O. The Morgan fingerprint density at radius 2 is 1.32 bits per heavy atom. The molecule has 1 aromatic heterocycles. The third-order valence-corrected chi connectivity index (χ3v) is 6.35. The van der Waals surface area contributed by atoms with E-state index in [1.807, 2.05) is 13.8 Å². The lowest BCUT2D eigenvalue weighted by Crippen LogP contribution is -2.08. The van der Waals surface area contributed by atoms with Crippen molar-refractivity contribution in [3.8, 4) is 21.6 Å². The van der Waals surface area contributed by atoms with E-state index in [2.05, 4.69) is 55.6 Å². The fourth-order valence-electron chi connectivity index (χ4n) is 4.03. The monoisotopic (exact) mass is 392 g/mol. The van der Waals surface area contributed by atoms with E-state index in [-0.39, 0.29) is 0 Å². The zero-order valence-electron chi connectivity index (χ0n) is 17.1. The summed E-state index contributed by atoms with van der Waals surface area (Å²) < 4.78 is 0. The summed E-state index contributed by atoms with van der Waals surface area (Å²) in [4.78, 5) is 13.1. The molecule has 1 N–H and O–H groups in total. The van der Waals surface area contributed by atoms with Crippen LogP contribution in [0.5, 0.6) is 0 Å². The summed E-state index contributed by atoms with van der Waals surface area (Å²) in [6.07, 6.45) is 3.34. The Morgan fingerprint density at radius 1 is 0.821 bits per heavy atom. The maximum atomic E-state index is 11.8. The van der Waals surface area contributed by atoms with Crippen molar-refractivity contribution < 1.29 is 9.90 Å². The molecule has 0 spiro atoms. The van der Waals surface area contributed by atoms with Gasteiger partial charge in [0.1, 0.15) is 0 Å². The van der Waals surface area contributed by atoms with E-state index in [4.69, 9.17) is 0 Å². The number of carboxylic acid groups (broad SMARTS) is 1. The van der Waals surface area contributed by atoms with Gasteiger partial charge in [0.25, 0.3) is 0 Å². The standard InChI is InChI=1S/C25H28O2S/c1-5-16-12-20(22-10-9-11-28-22)13-17(6-2)23(16)21-14-18(7-3)24(25(26)27)19(8-4)15-21/h9-15H,5-8H2,1-4H3,(H,26,27). The van der Waals surface area contributed by atoms with Gasteiger partial charge in [-0.2, -0.15) is 0 Å². The molecule has 0 bridgehead atoms. The van der Waals surface area contributed by atoms with Crippen LogP contribution < -0.4 is 0 Å². The minimum Gasteiger partial charge on any atom is -0.478 e. The number of benzene rings is 2. The molecule has 0 unspecified atom stereocenters. The summed E-state index contributed by atoms with van der Waals surface area (Å²) in [5.74, 6) is -0.820. The summed E-state index contributed by atoms with van der Waals surface area (Å²) in [6.45, 7) is 8.46. The smallest absolute Gasteiger partial charge is 0.336 e. The molecule has 146 valence electrons. The van der Waals surface area contributed by atoms with Gasteiger partial charge >= 0.3 is 5.97 Å². The quantitative estimate of drug-likeness (QED) is 0.468. The largest absolute Gasteiger partial charge is 0.478 e. The van der Waals surface area contributed by atoms with Gasteiger partial charge in [-0.05, 0) is 88.2 Å². The minimum absolute atomic E-state index is 0.486. The lowest BCUT2D eigenvalue weighted by molar-refractivity contribution is 0.0694. The molecule has 0 aliphatic rings. The van der Waals surface area contributed by atoms with Crippen molar-refractivity contribution in [2.24, 2.45) is 0 Å². The molecule has 0 atom stereocenters. The van der Waals surface area contributed by atoms with Gasteiger partial charge < -0.3 is 5.11 Å². The van der Waals surface area contributed by atoms with Crippen molar-refractivity contribution in [3.63, 3.8) is 0 Å². The van der Waals surface area contributed by atoms with E-state index in [1.165, 1.54) is 27.1 Å². The Hall–Kier alpha value is -2.39. The molecule has 0 amide bonds. The molecule has 3 heteroatoms. The number of aromatic carboxylic acids is 1. The molecule has 3 aromatic rings. The first-order valence-electron chi connectivity index (χ1n) is 10.1. The van der Waals surface area contributed by atoms with Crippen LogP contribution in [0.15, 0.2) is 41.8 Å². The normalized spacial score (nSPS) is 11.0. The number of carbonyl (C=O) groups is 1. The highest BCUT2D eigenvalue weighted by Gasteiger charge is 2.19. The summed E-state index contributed by atoms with van der Waals surface area (Å²) in [6, 6.07) is 13.1. The van der Waals surface area contributed by atoms with Gasteiger partial charge in [0.2, 0.25) is 0 Å². The van der Waals surface area contributed by atoms with Crippen molar-refractivity contribution >= 4 is 17.3 Å². The zero-order valence-corrected chi connectivity index (χ0v) is 18.0. The summed E-state index contributed by atoms with van der Waals surface area (Å²) in [5.41, 5.74) is 8.71. The number of hydrogen-bond donors (Lipinski definition) is 1. The highest BCUT2D eigenvalue weighted by atomic mass is 32.1. The first kappa shape index (κ1) is 20.3. The fourth-order valence-corrected chi connectivity index (χ4v) is 4.74. The van der Waals surface area contributed by atoms with Crippen LogP contribution in [0.25, 0.3) is 21.6 Å². The number of aryl methyl sites for hydroxylation is 4. The second-order valence-corrected chi connectivity index (χ2v) is 7.98. The Balaban J connectivity index is 2.27. The average Bonchev–Trinajstić information content (AvgIpc) is 3.26. The second-order valence-electron chi connectivity index (χ2n) is 7.04. The second kappa shape index (κ2) is 8.74. The molecule has 0 aliphatic heterocycles. The van der Waals surface area contributed by atoms with Crippen LogP contribution in [0, 0.1) is 0 Å². The van der Waals surface area contributed by atoms with E-state index >= 15 is 0 Å². The topological polar surface area (TPSA) is 37.3 Å². The van der Waals surface area contributed by atoms with Crippen molar-refractivity contribution in [3.05, 3.63) is 69.6 Å². The van der Waals surface area contributed by atoms with Crippen LogP contribution in [0.3, 0.4) is 0 Å². The van der Waals surface area contributed by atoms with Crippen molar-refractivity contribution in [2.45, 2.75) is 53.4 Å². The van der Waals surface area contributed by atoms with E-state index in [0.29, 0.717) is 5.56 Å². The number of hydrogen-bond acceptors (Lipinski definition) is 2. The van der Waals surface area contributed by atoms with Gasteiger partial charge in [0, 0.05) is 4.88 Å². The van der Waals surface area contributed by atoms with Crippen molar-refractivity contribution in [1.29, 1.82) is 0 Å². The van der Waals surface area contributed by atoms with Crippen LogP contribution in [0.4, 0.5) is 0 Å². The molecule has 1 heterocycles. The van der Waals surface area contributed by atoms with Gasteiger partial charge in [-0.3, -0.25) is 0 Å². The predicted molar refractivity (Wildman–Crippen MR) is 120 cm³/mol. The van der Waals surface area contributed by atoms with E-state index < -0.39 is 5.97 Å². The maximum Gasteiger partial charge on any atom is 0.336 e. The van der Waals surface area contributed by atoms with Crippen molar-refractivity contribution in [2.75, 3.05) is 0 Å². The molecule has 28 heavy (non-hydrogen) atoms. The predicted octanol–water partition coefficient (Wildman–Crippen LogP) is 7.03. The number of rotatable bonds is 7. The van der Waals surface area contributed by atoms with E-state index in [9.17, 15) is 9.90 Å². The van der Waals surface area contributed by atoms with Crippen LogP contribution in [-0.2, 0) is 25.7 Å². The van der Waals surface area contributed by atoms with Gasteiger partial charge in [0.15, 0.2) is 0 Å². The molecule has 2 nitrogen and oxygen atoms in total. The Kier molecular flexibility index (Phi) is 6.35. The summed E-state index contributed by atoms with van der Waals surface area (Å²) in [5, 5.41) is 11.8. The van der Waals surface area contributed by atoms with Gasteiger partial charge in [0.05, 0.1) is 5.56 Å². The highest BCUT2D eigenvalue weighted by molar-refractivity contribution is 7.13. The molecule has 3 rings (SSSR count). The van der Waals surface area contributed by atoms with Crippen LogP contribution >= 0.6 is 11.3 Å².